The molecule has 3 aromatic rings. The molecule has 138 valence electrons. The number of aliphatic hydroxyl groups excluding tert-OH is 1. The van der Waals surface area contributed by atoms with E-state index in [9.17, 15) is 20.0 Å². The van der Waals surface area contributed by atoms with Crippen LogP contribution in [-0.2, 0) is 11.3 Å². The second-order valence-electron chi connectivity index (χ2n) is 5.62. The van der Waals surface area contributed by atoms with Crippen LogP contribution in [0.4, 0.5) is 5.69 Å². The lowest BCUT2D eigenvalue weighted by molar-refractivity contribution is -0.384. The first-order valence-electron chi connectivity index (χ1n) is 8.03. The molecule has 0 aliphatic rings. The third kappa shape index (κ3) is 5.10. The number of carbonyl (C=O) groups excluding carboxylic acids is 1. The number of nitrogens with zero attached hydrogens (tertiary/aromatic N) is 1. The van der Waals surface area contributed by atoms with Gasteiger partial charge in [-0.3, -0.25) is 14.9 Å². The normalized spacial score (nSPS) is 12.2. The van der Waals surface area contributed by atoms with Crippen molar-refractivity contribution in [2.45, 2.75) is 12.6 Å². The van der Waals surface area contributed by atoms with Gasteiger partial charge < -0.3 is 10.4 Å². The van der Waals surface area contributed by atoms with E-state index < -0.39 is 11.0 Å². The average molecular weight is 400 g/mol. The number of nitro benzene ring substituents is 1. The van der Waals surface area contributed by atoms with Crippen LogP contribution in [-0.4, -0.2) is 15.9 Å². The molecule has 0 saturated carbocycles. The Kier molecular flexibility index (Phi) is 6.12. The summed E-state index contributed by atoms with van der Waals surface area (Å²) in [4.78, 5) is 24.8. The summed E-state index contributed by atoms with van der Waals surface area (Å²) in [5.41, 5.74) is 0.711. The molecule has 0 bridgehead atoms. The predicted octanol–water partition coefficient (Wildman–Crippen LogP) is 4.13. The number of rotatable bonds is 7. The molecule has 0 fully saturated rings. The summed E-state index contributed by atoms with van der Waals surface area (Å²) in [7, 11) is 0. The zero-order valence-electron chi connectivity index (χ0n) is 14.1. The number of non-ortho nitro benzene ring substituents is 1. The highest BCUT2D eigenvalue weighted by molar-refractivity contribution is 7.12. The van der Waals surface area contributed by atoms with Crippen molar-refractivity contribution in [1.29, 1.82) is 0 Å². The maximum Gasteiger partial charge on any atom is 0.269 e. The van der Waals surface area contributed by atoms with Crippen LogP contribution >= 0.6 is 22.7 Å². The van der Waals surface area contributed by atoms with E-state index >= 15 is 0 Å². The van der Waals surface area contributed by atoms with Crippen LogP contribution in [0, 0.1) is 10.1 Å². The van der Waals surface area contributed by atoms with Crippen molar-refractivity contribution in [3.8, 4) is 0 Å². The number of hydrogen-bond acceptors (Lipinski definition) is 6. The van der Waals surface area contributed by atoms with Gasteiger partial charge in [0.25, 0.3) is 5.69 Å². The number of benzene rings is 1. The topological polar surface area (TPSA) is 92.5 Å². The van der Waals surface area contributed by atoms with Gasteiger partial charge in [0.15, 0.2) is 0 Å². The third-order valence-corrected chi connectivity index (χ3v) is 5.79. The zero-order chi connectivity index (χ0) is 19.2. The number of amides is 1. The molecular weight excluding hydrogens is 384 g/mol. The number of carbonyl (C=O) groups is 1. The highest BCUT2D eigenvalue weighted by atomic mass is 32.1. The molecule has 2 N–H and O–H groups in total. The first-order chi connectivity index (χ1) is 13.0. The predicted molar refractivity (Wildman–Crippen MR) is 107 cm³/mol. The minimum atomic E-state index is -0.638. The van der Waals surface area contributed by atoms with Gasteiger partial charge in [-0.1, -0.05) is 6.07 Å². The summed E-state index contributed by atoms with van der Waals surface area (Å²) in [5, 5.41) is 25.6. The van der Waals surface area contributed by atoms with Gasteiger partial charge in [0.2, 0.25) is 5.91 Å². The van der Waals surface area contributed by atoms with Crippen molar-refractivity contribution in [2.75, 3.05) is 0 Å². The van der Waals surface area contributed by atoms with Gasteiger partial charge in [-0.25, -0.2) is 0 Å². The van der Waals surface area contributed by atoms with Gasteiger partial charge in [0.1, 0.15) is 6.10 Å². The molecule has 8 heteroatoms. The molecule has 0 spiro atoms. The monoisotopic (exact) mass is 400 g/mol. The Hall–Kier alpha value is -2.81. The Morgan fingerprint density at radius 2 is 1.96 bits per heavy atom. The van der Waals surface area contributed by atoms with E-state index in [4.69, 9.17) is 0 Å². The molecule has 0 saturated heterocycles. The number of nitrogens with one attached hydrogen (secondary N) is 1. The first-order valence-corrected chi connectivity index (χ1v) is 9.73. The summed E-state index contributed by atoms with van der Waals surface area (Å²) in [6.45, 7) is 0.366. The summed E-state index contributed by atoms with van der Waals surface area (Å²) in [6, 6.07) is 13.5. The van der Waals surface area contributed by atoms with Crippen LogP contribution < -0.4 is 5.32 Å². The van der Waals surface area contributed by atoms with Crippen molar-refractivity contribution in [1.82, 2.24) is 5.32 Å². The Bertz CT molecular complexity index is 947. The van der Waals surface area contributed by atoms with Crippen LogP contribution in [0.15, 0.2) is 60.0 Å². The van der Waals surface area contributed by atoms with Crippen LogP contribution in [0.2, 0.25) is 0 Å². The fourth-order valence-corrected chi connectivity index (χ4v) is 4.10. The van der Waals surface area contributed by atoms with Crippen molar-refractivity contribution in [2.24, 2.45) is 0 Å². The first kappa shape index (κ1) is 19.0. The van der Waals surface area contributed by atoms with E-state index in [1.54, 1.807) is 18.2 Å². The van der Waals surface area contributed by atoms with Gasteiger partial charge in [0, 0.05) is 32.8 Å². The lowest BCUT2D eigenvalue weighted by Gasteiger charge is -2.05. The minimum Gasteiger partial charge on any atom is -0.382 e. The smallest absolute Gasteiger partial charge is 0.269 e. The van der Waals surface area contributed by atoms with Gasteiger partial charge in [-0.2, -0.15) is 0 Å². The highest BCUT2D eigenvalue weighted by Gasteiger charge is 2.14. The Morgan fingerprint density at radius 1 is 1.19 bits per heavy atom. The zero-order valence-corrected chi connectivity index (χ0v) is 15.7. The lowest BCUT2D eigenvalue weighted by Crippen LogP contribution is -2.19. The maximum absolute atomic E-state index is 11.9. The van der Waals surface area contributed by atoms with Crippen LogP contribution in [0.1, 0.15) is 26.3 Å². The van der Waals surface area contributed by atoms with Crippen molar-refractivity contribution in [3.05, 3.63) is 90.3 Å². The van der Waals surface area contributed by atoms with Gasteiger partial charge >= 0.3 is 0 Å². The molecule has 6 nitrogen and oxygen atoms in total. The summed E-state index contributed by atoms with van der Waals surface area (Å²) < 4.78 is 0. The molecule has 0 aliphatic heterocycles. The standard InChI is InChI=1S/C19H16N2O4S2/c22-18(10-5-13-3-6-14(7-4-13)21(24)25)20-12-15-8-9-17(27-15)19(23)16-2-1-11-26-16/h1-11,19,23H,12H2,(H,20,22)/b10-5+. The maximum atomic E-state index is 11.9. The third-order valence-electron chi connectivity index (χ3n) is 3.73. The number of nitro groups is 1. The molecule has 1 atom stereocenters. The molecule has 27 heavy (non-hydrogen) atoms. The van der Waals surface area contributed by atoms with Crippen molar-refractivity contribution < 1.29 is 14.8 Å². The molecule has 0 radical (unpaired) electrons. The summed E-state index contributed by atoms with van der Waals surface area (Å²) in [5.74, 6) is -0.262. The quantitative estimate of drug-likeness (QED) is 0.354. The van der Waals surface area contributed by atoms with E-state index in [0.717, 1.165) is 14.6 Å². The van der Waals surface area contributed by atoms with E-state index in [1.165, 1.54) is 40.9 Å². The van der Waals surface area contributed by atoms with Crippen molar-refractivity contribution >= 4 is 40.3 Å². The summed E-state index contributed by atoms with van der Waals surface area (Å²) >= 11 is 2.95. The van der Waals surface area contributed by atoms with E-state index in [-0.39, 0.29) is 11.6 Å². The number of aliphatic hydroxyl groups is 1. The van der Waals surface area contributed by atoms with E-state index in [2.05, 4.69) is 5.32 Å². The molecule has 0 aliphatic carbocycles. The second kappa shape index (κ2) is 8.72. The molecule has 1 unspecified atom stereocenters. The number of thiophene rings is 2. The molecule has 1 amide bonds. The molecule has 2 heterocycles. The molecule has 2 aromatic heterocycles. The van der Waals surface area contributed by atoms with Gasteiger partial charge in [-0.05, 0) is 47.4 Å². The Balaban J connectivity index is 1.52. The van der Waals surface area contributed by atoms with Gasteiger partial charge in [0.05, 0.1) is 11.5 Å². The van der Waals surface area contributed by atoms with E-state index in [0.29, 0.717) is 12.1 Å². The van der Waals surface area contributed by atoms with Gasteiger partial charge in [-0.15, -0.1) is 22.7 Å². The Morgan fingerprint density at radius 3 is 2.63 bits per heavy atom. The molecule has 1 aromatic carbocycles. The summed E-state index contributed by atoms with van der Waals surface area (Å²) in [6.07, 6.45) is 2.34. The van der Waals surface area contributed by atoms with Crippen LogP contribution in [0.5, 0.6) is 0 Å². The van der Waals surface area contributed by atoms with E-state index in [1.807, 2.05) is 29.6 Å². The molecule has 3 rings (SSSR count). The highest BCUT2D eigenvalue weighted by Crippen LogP contribution is 2.30. The Labute approximate surface area is 163 Å². The SMILES string of the molecule is O=C(/C=C/c1ccc([N+](=O)[O-])cc1)NCc1ccc(C(O)c2cccs2)s1. The molecular formula is C19H16N2O4S2. The largest absolute Gasteiger partial charge is 0.382 e. The van der Waals surface area contributed by atoms with Crippen molar-refractivity contribution in [3.63, 3.8) is 0 Å². The van der Waals surface area contributed by atoms with Crippen LogP contribution in [0.3, 0.4) is 0 Å². The fraction of sp³-hybridized carbons (Fsp3) is 0.105. The second-order valence-corrected chi connectivity index (χ2v) is 7.80. The fourth-order valence-electron chi connectivity index (χ4n) is 2.34. The average Bonchev–Trinajstić information content (AvgIpc) is 3.36. The van der Waals surface area contributed by atoms with Crippen LogP contribution in [0.25, 0.3) is 6.08 Å². The minimum absolute atomic E-state index is 0.00911. The lowest BCUT2D eigenvalue weighted by atomic mass is 10.2. The number of hydrogen-bond donors (Lipinski definition) is 2.